The Kier molecular flexibility index (Phi) is 6.54. The monoisotopic (exact) mass is 472 g/mol. The molecule has 0 radical (unpaired) electrons. The first kappa shape index (κ1) is 23.7. The van der Waals surface area contributed by atoms with Gasteiger partial charge in [-0.1, -0.05) is 61.9 Å². The van der Waals surface area contributed by atoms with Crippen molar-refractivity contribution in [1.82, 2.24) is 10.2 Å². The van der Waals surface area contributed by atoms with Gasteiger partial charge in [0, 0.05) is 12.5 Å². The summed E-state index contributed by atoms with van der Waals surface area (Å²) in [5, 5.41) is 11.5. The maximum Gasteiger partial charge on any atom is 0.407 e. The van der Waals surface area contributed by atoms with Crippen molar-refractivity contribution >= 4 is 18.0 Å². The second-order valence-electron chi connectivity index (χ2n) is 8.68. The van der Waals surface area contributed by atoms with Gasteiger partial charge in [-0.15, -0.1) is 0 Å². The van der Waals surface area contributed by atoms with Gasteiger partial charge in [-0.2, -0.15) is 0 Å². The van der Waals surface area contributed by atoms with Gasteiger partial charge in [-0.3, -0.25) is 9.59 Å². The number of hydrogen-bond acceptors (Lipinski definition) is 4. The Bertz CT molecular complexity index is 1060. The predicted octanol–water partition coefficient (Wildman–Crippen LogP) is 3.87. The van der Waals surface area contributed by atoms with E-state index in [4.69, 9.17) is 9.84 Å². The Labute approximate surface area is 195 Å². The molecule has 2 aliphatic rings. The summed E-state index contributed by atoms with van der Waals surface area (Å²) in [6, 6.07) is 14.7. The van der Waals surface area contributed by atoms with Crippen molar-refractivity contribution in [1.29, 1.82) is 0 Å². The van der Waals surface area contributed by atoms with E-state index < -0.39 is 48.9 Å². The molecule has 2 aromatic carbocycles. The number of amides is 2. The SMILES string of the molecule is CCC[C@@H](NC(=O)OCC1c2ccccc2-c2ccccc21)C(=O)N1CC(C(=O)O)C(F)(F)C1. The third kappa shape index (κ3) is 4.47. The minimum absolute atomic E-state index is 0.0514. The fourth-order valence-corrected chi connectivity index (χ4v) is 4.76. The molecule has 34 heavy (non-hydrogen) atoms. The van der Waals surface area contributed by atoms with Crippen LogP contribution >= 0.6 is 0 Å². The average Bonchev–Trinajstić information content (AvgIpc) is 3.31. The van der Waals surface area contributed by atoms with E-state index in [0.717, 1.165) is 27.2 Å². The normalized spacial score (nSPS) is 19.3. The molecular weight excluding hydrogens is 446 g/mol. The molecule has 1 heterocycles. The van der Waals surface area contributed by atoms with Crippen LogP contribution in [-0.2, 0) is 14.3 Å². The predicted molar refractivity (Wildman–Crippen MR) is 120 cm³/mol. The van der Waals surface area contributed by atoms with Crippen LogP contribution in [0.2, 0.25) is 0 Å². The molecule has 1 unspecified atom stereocenters. The zero-order valence-corrected chi connectivity index (χ0v) is 18.7. The molecule has 2 amide bonds. The molecule has 1 saturated heterocycles. The third-order valence-corrected chi connectivity index (χ3v) is 6.44. The number of carbonyl (C=O) groups excluding carboxylic acids is 2. The first-order chi connectivity index (χ1) is 16.2. The molecule has 0 spiro atoms. The van der Waals surface area contributed by atoms with E-state index >= 15 is 0 Å². The molecule has 1 aliphatic heterocycles. The molecule has 2 atom stereocenters. The van der Waals surface area contributed by atoms with Gasteiger partial charge in [0.25, 0.3) is 5.92 Å². The number of fused-ring (bicyclic) bond motifs is 3. The number of hydrogen-bond donors (Lipinski definition) is 2. The molecule has 1 fully saturated rings. The maximum absolute atomic E-state index is 14.0. The zero-order valence-electron chi connectivity index (χ0n) is 18.7. The number of aliphatic carboxylic acids is 1. The molecule has 1 aliphatic carbocycles. The summed E-state index contributed by atoms with van der Waals surface area (Å²) in [6.45, 7) is 0.247. The van der Waals surface area contributed by atoms with Crippen molar-refractivity contribution in [3.05, 3.63) is 59.7 Å². The topological polar surface area (TPSA) is 95.9 Å². The number of alkyl halides is 2. The molecule has 7 nitrogen and oxygen atoms in total. The Hall–Kier alpha value is -3.49. The number of likely N-dealkylation sites (tertiary alicyclic amines) is 1. The van der Waals surface area contributed by atoms with Gasteiger partial charge in [0.05, 0.1) is 6.54 Å². The molecule has 4 rings (SSSR count). The van der Waals surface area contributed by atoms with Gasteiger partial charge in [-0.05, 0) is 28.7 Å². The van der Waals surface area contributed by atoms with E-state index in [9.17, 15) is 23.2 Å². The lowest BCUT2D eigenvalue weighted by Gasteiger charge is -2.24. The second kappa shape index (κ2) is 9.40. The third-order valence-electron chi connectivity index (χ3n) is 6.44. The van der Waals surface area contributed by atoms with Gasteiger partial charge in [-0.25, -0.2) is 13.6 Å². The lowest BCUT2D eigenvalue weighted by Crippen LogP contribution is -2.48. The van der Waals surface area contributed by atoms with Crippen molar-refractivity contribution in [3.63, 3.8) is 0 Å². The number of halogens is 2. The highest BCUT2D eigenvalue weighted by Crippen LogP contribution is 2.44. The van der Waals surface area contributed by atoms with E-state index in [1.54, 1.807) is 6.92 Å². The van der Waals surface area contributed by atoms with E-state index in [0.29, 0.717) is 6.42 Å². The minimum atomic E-state index is -3.53. The summed E-state index contributed by atoms with van der Waals surface area (Å²) in [5.41, 5.74) is 4.23. The maximum atomic E-state index is 14.0. The standard InChI is InChI=1S/C25H26F2N2O5/c1-2-7-21(22(30)29-12-20(23(31)32)25(26,27)14-29)28-24(33)34-13-19-17-10-5-3-8-15(17)16-9-4-6-11-18(16)19/h3-6,8-11,19-21H,2,7,12-14H2,1H3,(H,28,33)(H,31,32)/t20?,21-/m1/s1. The van der Waals surface area contributed by atoms with Crippen LogP contribution in [0.4, 0.5) is 13.6 Å². The van der Waals surface area contributed by atoms with E-state index in [2.05, 4.69) is 5.32 Å². The van der Waals surface area contributed by atoms with Crippen LogP contribution < -0.4 is 5.32 Å². The van der Waals surface area contributed by atoms with Gasteiger partial charge in [0.2, 0.25) is 5.91 Å². The van der Waals surface area contributed by atoms with Crippen LogP contribution in [0.5, 0.6) is 0 Å². The lowest BCUT2D eigenvalue weighted by molar-refractivity contribution is -0.151. The molecule has 9 heteroatoms. The minimum Gasteiger partial charge on any atom is -0.481 e. The van der Waals surface area contributed by atoms with E-state index in [1.165, 1.54) is 0 Å². The van der Waals surface area contributed by atoms with Crippen LogP contribution in [0.1, 0.15) is 36.8 Å². The first-order valence-corrected chi connectivity index (χ1v) is 11.2. The van der Waals surface area contributed by atoms with Gasteiger partial charge in [0.1, 0.15) is 18.6 Å². The summed E-state index contributed by atoms with van der Waals surface area (Å²) in [6.07, 6.45) is -0.107. The number of ether oxygens (including phenoxy) is 1. The summed E-state index contributed by atoms with van der Waals surface area (Å²) >= 11 is 0. The van der Waals surface area contributed by atoms with Crippen LogP contribution in [0.25, 0.3) is 11.1 Å². The summed E-state index contributed by atoms with van der Waals surface area (Å²) in [7, 11) is 0. The Morgan fingerprint density at radius 1 is 1.12 bits per heavy atom. The molecule has 180 valence electrons. The number of nitrogens with zero attached hydrogens (tertiary/aromatic N) is 1. The number of rotatable bonds is 7. The lowest BCUT2D eigenvalue weighted by atomic mass is 9.98. The Balaban J connectivity index is 1.41. The van der Waals surface area contributed by atoms with Crippen LogP contribution in [-0.4, -0.2) is 59.6 Å². The summed E-state index contributed by atoms with van der Waals surface area (Å²) in [5.74, 6) is -8.04. The first-order valence-electron chi connectivity index (χ1n) is 11.2. The average molecular weight is 472 g/mol. The van der Waals surface area contributed by atoms with Crippen LogP contribution in [0, 0.1) is 5.92 Å². The van der Waals surface area contributed by atoms with Crippen molar-refractivity contribution in [2.45, 2.75) is 37.6 Å². The van der Waals surface area contributed by atoms with E-state index in [1.807, 2.05) is 48.5 Å². The van der Waals surface area contributed by atoms with Crippen molar-refractivity contribution < 1.29 is 33.0 Å². The fourth-order valence-electron chi connectivity index (χ4n) is 4.76. The largest absolute Gasteiger partial charge is 0.481 e. The fraction of sp³-hybridized carbons (Fsp3) is 0.400. The van der Waals surface area contributed by atoms with Crippen molar-refractivity contribution in [2.24, 2.45) is 5.92 Å². The molecule has 0 bridgehead atoms. The number of carboxylic acids is 1. The quantitative estimate of drug-likeness (QED) is 0.638. The Morgan fingerprint density at radius 2 is 1.71 bits per heavy atom. The number of nitrogens with one attached hydrogen (secondary N) is 1. The van der Waals surface area contributed by atoms with Crippen molar-refractivity contribution in [3.8, 4) is 11.1 Å². The molecule has 0 aromatic heterocycles. The Morgan fingerprint density at radius 3 is 2.24 bits per heavy atom. The molecular formula is C25H26F2N2O5. The number of alkyl carbamates (subject to hydrolysis) is 1. The highest BCUT2D eigenvalue weighted by molar-refractivity contribution is 5.87. The van der Waals surface area contributed by atoms with Gasteiger partial charge >= 0.3 is 12.1 Å². The van der Waals surface area contributed by atoms with E-state index in [-0.39, 0.29) is 18.9 Å². The molecule has 0 saturated carbocycles. The van der Waals surface area contributed by atoms with Crippen LogP contribution in [0.15, 0.2) is 48.5 Å². The molecule has 2 aromatic rings. The smallest absolute Gasteiger partial charge is 0.407 e. The number of carboxylic acid groups (broad SMARTS) is 1. The second-order valence-corrected chi connectivity index (χ2v) is 8.68. The number of carbonyl (C=O) groups is 3. The highest BCUT2D eigenvalue weighted by Gasteiger charge is 2.54. The summed E-state index contributed by atoms with van der Waals surface area (Å²) in [4.78, 5) is 37.4. The van der Waals surface area contributed by atoms with Gasteiger partial charge < -0.3 is 20.1 Å². The van der Waals surface area contributed by atoms with Crippen molar-refractivity contribution in [2.75, 3.05) is 19.7 Å². The zero-order chi connectivity index (χ0) is 24.5. The van der Waals surface area contributed by atoms with Gasteiger partial charge in [0.15, 0.2) is 0 Å². The molecule has 2 N–H and O–H groups in total. The van der Waals surface area contributed by atoms with Crippen LogP contribution in [0.3, 0.4) is 0 Å². The highest BCUT2D eigenvalue weighted by atomic mass is 19.3. The number of benzene rings is 2. The summed E-state index contributed by atoms with van der Waals surface area (Å²) < 4.78 is 33.5.